The van der Waals surface area contributed by atoms with E-state index in [2.05, 4.69) is 26.2 Å². The molecule has 0 radical (unpaired) electrons. The third-order valence-electron chi connectivity index (χ3n) is 2.19. The minimum Gasteiger partial charge on any atom is -0.287 e. The zero-order chi connectivity index (χ0) is 12.6. The Labute approximate surface area is 110 Å². The quantitative estimate of drug-likeness (QED) is 0.800. The molecule has 0 bridgehead atoms. The molecule has 2 aromatic rings. The predicted octanol–water partition coefficient (Wildman–Crippen LogP) is 2.60. The number of hydrogen-bond donors (Lipinski definition) is 0. The van der Waals surface area contributed by atoms with E-state index < -0.39 is 11.6 Å². The first-order valence-corrected chi connectivity index (χ1v) is 5.73. The molecule has 0 saturated carbocycles. The molecule has 0 atom stereocenters. The minimum atomic E-state index is -0.671. The average molecular weight is 319 g/mol. The van der Waals surface area contributed by atoms with E-state index >= 15 is 0 Å². The van der Waals surface area contributed by atoms with Gasteiger partial charge in [0.15, 0.2) is 4.60 Å². The molecule has 0 fully saturated rings. The minimum absolute atomic E-state index is 0.0584. The van der Waals surface area contributed by atoms with Crippen LogP contribution in [0.1, 0.15) is 16.1 Å². The first-order valence-electron chi connectivity index (χ1n) is 4.56. The van der Waals surface area contributed by atoms with Gasteiger partial charge >= 0.3 is 0 Å². The largest absolute Gasteiger partial charge is 0.287 e. The van der Waals surface area contributed by atoms with E-state index in [1.165, 1.54) is 22.9 Å². The molecule has 0 spiro atoms. The Kier molecular flexibility index (Phi) is 3.26. The van der Waals surface area contributed by atoms with Gasteiger partial charge in [0.1, 0.15) is 11.5 Å². The van der Waals surface area contributed by atoms with Gasteiger partial charge in [0.2, 0.25) is 5.78 Å². The second kappa shape index (κ2) is 4.54. The van der Waals surface area contributed by atoms with Crippen molar-refractivity contribution in [3.05, 3.63) is 44.9 Å². The first kappa shape index (κ1) is 12.2. The molecule has 0 saturated heterocycles. The van der Waals surface area contributed by atoms with Crippen molar-refractivity contribution in [1.29, 1.82) is 0 Å². The number of carbonyl (C=O) groups is 1. The molecule has 4 nitrogen and oxygen atoms in total. The molecule has 0 unspecified atom stereocenters. The molecule has 0 aliphatic carbocycles. The summed E-state index contributed by atoms with van der Waals surface area (Å²) >= 11 is 8.90. The van der Waals surface area contributed by atoms with Crippen LogP contribution in [0.4, 0.5) is 4.39 Å². The Morgan fingerprint density at radius 2 is 2.24 bits per heavy atom. The smallest absolute Gasteiger partial charge is 0.218 e. The molecule has 2 rings (SSSR count). The van der Waals surface area contributed by atoms with Gasteiger partial charge in [0, 0.05) is 7.05 Å². The van der Waals surface area contributed by atoms with E-state index in [1.807, 2.05) is 0 Å². The Morgan fingerprint density at radius 3 is 2.76 bits per heavy atom. The van der Waals surface area contributed by atoms with E-state index in [9.17, 15) is 9.18 Å². The summed E-state index contributed by atoms with van der Waals surface area (Å²) in [7, 11) is 1.54. The molecule has 0 aliphatic rings. The van der Waals surface area contributed by atoms with Crippen molar-refractivity contribution in [3.8, 4) is 0 Å². The lowest BCUT2D eigenvalue weighted by molar-refractivity contribution is 0.102. The van der Waals surface area contributed by atoms with Crippen LogP contribution in [-0.2, 0) is 7.05 Å². The van der Waals surface area contributed by atoms with E-state index in [0.29, 0.717) is 0 Å². The monoisotopic (exact) mass is 317 g/mol. The van der Waals surface area contributed by atoms with Gasteiger partial charge in [-0.3, -0.25) is 4.79 Å². The highest BCUT2D eigenvalue weighted by Crippen LogP contribution is 2.24. The lowest BCUT2D eigenvalue weighted by Gasteiger charge is -2.04. The predicted molar refractivity (Wildman–Crippen MR) is 63.5 cm³/mol. The zero-order valence-corrected chi connectivity index (χ0v) is 11.0. The summed E-state index contributed by atoms with van der Waals surface area (Å²) in [4.78, 5) is 12.1. The Bertz CT molecular complexity index is 559. The van der Waals surface area contributed by atoms with E-state index in [0.717, 1.165) is 0 Å². The molecule has 88 valence electrons. The number of hydrogen-bond acceptors (Lipinski definition) is 3. The molecule has 0 aliphatic heterocycles. The van der Waals surface area contributed by atoms with Crippen molar-refractivity contribution < 1.29 is 9.18 Å². The van der Waals surface area contributed by atoms with Crippen molar-refractivity contribution in [1.82, 2.24) is 15.0 Å². The van der Waals surface area contributed by atoms with Gasteiger partial charge in [-0.2, -0.15) is 0 Å². The molecule has 1 aromatic carbocycles. The van der Waals surface area contributed by atoms with Crippen LogP contribution in [0.25, 0.3) is 0 Å². The van der Waals surface area contributed by atoms with Gasteiger partial charge < -0.3 is 0 Å². The van der Waals surface area contributed by atoms with Crippen LogP contribution in [-0.4, -0.2) is 20.8 Å². The Hall–Kier alpha value is -1.27. The number of benzene rings is 1. The molecule has 0 amide bonds. The summed E-state index contributed by atoms with van der Waals surface area (Å²) < 4.78 is 15.1. The lowest BCUT2D eigenvalue weighted by Crippen LogP contribution is -2.11. The number of ketones is 1. The van der Waals surface area contributed by atoms with Crippen LogP contribution in [0.2, 0.25) is 5.02 Å². The molecular formula is C10H6BrClFN3O. The molecule has 1 aromatic heterocycles. The number of nitrogens with zero attached hydrogens (tertiary/aromatic N) is 3. The molecule has 17 heavy (non-hydrogen) atoms. The van der Waals surface area contributed by atoms with Crippen molar-refractivity contribution in [2.24, 2.45) is 7.05 Å². The number of aryl methyl sites for hydroxylation is 1. The van der Waals surface area contributed by atoms with Crippen LogP contribution in [0.3, 0.4) is 0 Å². The average Bonchev–Trinajstić information content (AvgIpc) is 2.58. The number of carbonyl (C=O) groups excluding carboxylic acids is 1. The maximum Gasteiger partial charge on any atom is 0.218 e. The summed E-state index contributed by atoms with van der Waals surface area (Å²) in [6.07, 6.45) is 0. The van der Waals surface area contributed by atoms with Crippen molar-refractivity contribution in [3.63, 3.8) is 0 Å². The maximum atomic E-state index is 13.6. The summed E-state index contributed by atoms with van der Waals surface area (Å²) in [6, 6.07) is 4.07. The third kappa shape index (κ3) is 2.10. The Morgan fingerprint density at radius 1 is 1.53 bits per heavy atom. The summed E-state index contributed by atoms with van der Waals surface area (Å²) in [6.45, 7) is 0. The normalized spacial score (nSPS) is 10.6. The highest BCUT2D eigenvalue weighted by Gasteiger charge is 2.23. The fraction of sp³-hybridized carbons (Fsp3) is 0.100. The van der Waals surface area contributed by atoms with E-state index in [4.69, 9.17) is 11.6 Å². The first-order chi connectivity index (χ1) is 8.02. The fourth-order valence-corrected chi connectivity index (χ4v) is 2.16. The van der Waals surface area contributed by atoms with Gasteiger partial charge in [-0.15, -0.1) is 5.10 Å². The molecular weight excluding hydrogens is 312 g/mol. The highest BCUT2D eigenvalue weighted by atomic mass is 79.9. The van der Waals surface area contributed by atoms with E-state index in [1.54, 1.807) is 7.05 Å². The van der Waals surface area contributed by atoms with Crippen LogP contribution in [0, 0.1) is 5.82 Å². The Balaban J connectivity index is 2.59. The van der Waals surface area contributed by atoms with Gasteiger partial charge in [-0.1, -0.05) is 22.9 Å². The second-order valence-corrected chi connectivity index (χ2v) is 4.44. The zero-order valence-electron chi connectivity index (χ0n) is 8.62. The lowest BCUT2D eigenvalue weighted by atomic mass is 10.1. The van der Waals surface area contributed by atoms with E-state index in [-0.39, 0.29) is 20.9 Å². The second-order valence-electron chi connectivity index (χ2n) is 3.28. The summed E-state index contributed by atoms with van der Waals surface area (Å²) in [5, 5.41) is 7.38. The van der Waals surface area contributed by atoms with Crippen molar-refractivity contribution in [2.75, 3.05) is 0 Å². The van der Waals surface area contributed by atoms with Crippen LogP contribution in [0.15, 0.2) is 22.8 Å². The molecule has 7 heteroatoms. The van der Waals surface area contributed by atoms with Crippen LogP contribution in [0.5, 0.6) is 0 Å². The van der Waals surface area contributed by atoms with Crippen molar-refractivity contribution >= 4 is 33.3 Å². The maximum absolute atomic E-state index is 13.6. The molecule has 1 heterocycles. The summed E-state index contributed by atoms with van der Waals surface area (Å²) in [5.74, 6) is -1.23. The number of aromatic nitrogens is 3. The van der Waals surface area contributed by atoms with Crippen molar-refractivity contribution in [2.45, 2.75) is 0 Å². The molecule has 0 N–H and O–H groups in total. The van der Waals surface area contributed by atoms with Gasteiger partial charge in [-0.05, 0) is 28.1 Å². The fourth-order valence-electron chi connectivity index (χ4n) is 1.41. The van der Waals surface area contributed by atoms with Gasteiger partial charge in [0.25, 0.3) is 0 Å². The highest BCUT2D eigenvalue weighted by molar-refractivity contribution is 9.10. The number of rotatable bonds is 2. The third-order valence-corrected chi connectivity index (χ3v) is 3.04. The van der Waals surface area contributed by atoms with Crippen LogP contribution < -0.4 is 0 Å². The topological polar surface area (TPSA) is 47.8 Å². The van der Waals surface area contributed by atoms with Gasteiger partial charge in [-0.25, -0.2) is 9.07 Å². The number of halogens is 3. The van der Waals surface area contributed by atoms with Gasteiger partial charge in [0.05, 0.1) is 10.6 Å². The SMILES string of the molecule is Cn1nnc(Br)c1C(=O)c1c(F)cccc1Cl. The standard InChI is InChI=1S/C10H6BrClFN3O/c1-16-8(10(11)14-15-16)9(17)7-5(12)3-2-4-6(7)13/h2-4H,1H3. The van der Waals surface area contributed by atoms with Crippen LogP contribution >= 0.6 is 27.5 Å². The summed E-state index contributed by atoms with van der Waals surface area (Å²) in [5.41, 5.74) is -0.0303.